The molecule has 1 fully saturated rings. The zero-order chi connectivity index (χ0) is 14.2. The summed E-state index contributed by atoms with van der Waals surface area (Å²) in [5.41, 5.74) is 0.944. The molecule has 2 atom stereocenters. The van der Waals surface area contributed by atoms with E-state index < -0.39 is 10.0 Å². The molecule has 5 heteroatoms. The molecule has 1 aliphatic heterocycles. The summed E-state index contributed by atoms with van der Waals surface area (Å²) in [5.74, 6) is 0.852. The lowest BCUT2D eigenvalue weighted by Crippen LogP contribution is -2.42. The summed E-state index contributed by atoms with van der Waals surface area (Å²) in [6.07, 6.45) is 1.10. The van der Waals surface area contributed by atoms with Gasteiger partial charge in [-0.1, -0.05) is 29.8 Å². The van der Waals surface area contributed by atoms with E-state index in [4.69, 9.17) is 0 Å². The Balaban J connectivity index is 2.33. The van der Waals surface area contributed by atoms with Crippen molar-refractivity contribution < 1.29 is 8.42 Å². The fourth-order valence-electron chi connectivity index (χ4n) is 2.73. The van der Waals surface area contributed by atoms with Gasteiger partial charge < -0.3 is 0 Å². The van der Waals surface area contributed by atoms with Gasteiger partial charge in [0.1, 0.15) is 0 Å². The number of aryl methyl sites for hydroxylation is 1. The first-order chi connectivity index (χ1) is 8.80. The maximum atomic E-state index is 12.7. The lowest BCUT2D eigenvalue weighted by Gasteiger charge is -2.34. The third-order valence-corrected chi connectivity index (χ3v) is 6.32. The van der Waals surface area contributed by atoms with Crippen molar-refractivity contribution in [1.82, 2.24) is 4.31 Å². The first-order valence-electron chi connectivity index (χ1n) is 6.57. The molecule has 1 heterocycles. The first kappa shape index (κ1) is 15.0. The summed E-state index contributed by atoms with van der Waals surface area (Å²) >= 11 is 3.40. The fourth-order valence-corrected chi connectivity index (χ4v) is 4.74. The molecule has 19 heavy (non-hydrogen) atoms. The minimum Gasteiger partial charge on any atom is -0.207 e. The van der Waals surface area contributed by atoms with Crippen LogP contribution in [0, 0.1) is 18.8 Å². The topological polar surface area (TPSA) is 37.4 Å². The van der Waals surface area contributed by atoms with Crippen LogP contribution in [0.5, 0.6) is 0 Å². The van der Waals surface area contributed by atoms with E-state index >= 15 is 0 Å². The molecule has 3 nitrogen and oxygen atoms in total. The molecule has 0 unspecified atom stereocenters. The van der Waals surface area contributed by atoms with Gasteiger partial charge in [-0.15, -0.1) is 0 Å². The van der Waals surface area contributed by atoms with Crippen LogP contribution in [0.2, 0.25) is 0 Å². The van der Waals surface area contributed by atoms with Gasteiger partial charge in [0.2, 0.25) is 10.0 Å². The van der Waals surface area contributed by atoms with Crippen molar-refractivity contribution >= 4 is 26.0 Å². The second kappa shape index (κ2) is 5.54. The van der Waals surface area contributed by atoms with Gasteiger partial charge in [-0.3, -0.25) is 0 Å². The van der Waals surface area contributed by atoms with Crippen molar-refractivity contribution in [2.45, 2.75) is 32.1 Å². The molecule has 0 N–H and O–H groups in total. The Bertz CT molecular complexity index is 561. The Morgan fingerprint density at radius 2 is 1.79 bits per heavy atom. The van der Waals surface area contributed by atoms with Crippen LogP contribution in [-0.2, 0) is 10.0 Å². The molecule has 0 aromatic heterocycles. The molecule has 0 amide bonds. The Labute approximate surface area is 124 Å². The molecular weight excluding hydrogens is 326 g/mol. The number of hydrogen-bond acceptors (Lipinski definition) is 2. The van der Waals surface area contributed by atoms with E-state index in [-0.39, 0.29) is 0 Å². The lowest BCUT2D eigenvalue weighted by atomic mass is 9.94. The molecule has 1 aromatic carbocycles. The molecule has 0 aliphatic carbocycles. The second-order valence-electron chi connectivity index (χ2n) is 5.68. The van der Waals surface area contributed by atoms with E-state index in [1.54, 1.807) is 22.5 Å². The molecule has 106 valence electrons. The van der Waals surface area contributed by atoms with Crippen LogP contribution < -0.4 is 0 Å². The highest BCUT2D eigenvalue weighted by Crippen LogP contribution is 2.28. The number of nitrogens with zero attached hydrogens (tertiary/aromatic N) is 1. The highest BCUT2D eigenvalue weighted by Gasteiger charge is 2.31. The summed E-state index contributed by atoms with van der Waals surface area (Å²) in [6, 6.07) is 5.22. The molecule has 0 bridgehead atoms. The number of halogens is 1. The standard InChI is InChI=1S/C14H20BrNO2S/c1-10-6-11(2)9-16(8-10)19(17,18)13-4-5-14(15)12(3)7-13/h4-5,7,10-11H,6,8-9H2,1-3H3/t10-,11-/m0/s1. The van der Waals surface area contributed by atoms with Crippen LogP contribution in [0.4, 0.5) is 0 Å². The van der Waals surface area contributed by atoms with E-state index in [9.17, 15) is 8.42 Å². The zero-order valence-corrected chi connectivity index (χ0v) is 14.0. The molecule has 0 radical (unpaired) electrons. The van der Waals surface area contributed by atoms with Crippen LogP contribution >= 0.6 is 15.9 Å². The highest BCUT2D eigenvalue weighted by atomic mass is 79.9. The highest BCUT2D eigenvalue weighted by molar-refractivity contribution is 9.10. The van der Waals surface area contributed by atoms with Gasteiger partial charge >= 0.3 is 0 Å². The molecule has 1 aliphatic rings. The molecular formula is C14H20BrNO2S. The number of sulfonamides is 1. The number of rotatable bonds is 2. The maximum Gasteiger partial charge on any atom is 0.243 e. The Kier molecular flexibility index (Phi) is 4.38. The van der Waals surface area contributed by atoms with Crippen LogP contribution in [0.3, 0.4) is 0 Å². The average Bonchev–Trinajstić information content (AvgIpc) is 2.31. The summed E-state index contributed by atoms with van der Waals surface area (Å²) in [6.45, 7) is 7.39. The van der Waals surface area contributed by atoms with E-state index in [0.29, 0.717) is 29.8 Å². The van der Waals surface area contributed by atoms with Crippen molar-refractivity contribution in [2.24, 2.45) is 11.8 Å². The van der Waals surface area contributed by atoms with Gasteiger partial charge in [-0.05, 0) is 48.9 Å². The van der Waals surface area contributed by atoms with Crippen LogP contribution in [0.15, 0.2) is 27.6 Å². The Morgan fingerprint density at radius 3 is 2.32 bits per heavy atom. The van der Waals surface area contributed by atoms with E-state index in [0.717, 1.165) is 16.5 Å². The third-order valence-electron chi connectivity index (χ3n) is 3.60. The number of hydrogen-bond donors (Lipinski definition) is 0. The average molecular weight is 346 g/mol. The smallest absolute Gasteiger partial charge is 0.207 e. The van der Waals surface area contributed by atoms with Crippen molar-refractivity contribution in [3.8, 4) is 0 Å². The number of piperidine rings is 1. The van der Waals surface area contributed by atoms with Gasteiger partial charge in [0.15, 0.2) is 0 Å². The third kappa shape index (κ3) is 3.20. The van der Waals surface area contributed by atoms with Crippen LogP contribution in [0.25, 0.3) is 0 Å². The second-order valence-corrected chi connectivity index (χ2v) is 8.47. The fraction of sp³-hybridized carbons (Fsp3) is 0.571. The summed E-state index contributed by atoms with van der Waals surface area (Å²) in [7, 11) is -3.35. The van der Waals surface area contributed by atoms with Crippen LogP contribution in [-0.4, -0.2) is 25.8 Å². The minimum atomic E-state index is -3.35. The minimum absolute atomic E-state index is 0.398. The lowest BCUT2D eigenvalue weighted by molar-refractivity contribution is 0.222. The van der Waals surface area contributed by atoms with Gasteiger partial charge in [-0.2, -0.15) is 4.31 Å². The SMILES string of the molecule is Cc1cc(S(=O)(=O)N2C[C@@H](C)C[C@H](C)C2)ccc1Br. The van der Waals surface area contributed by atoms with Crippen molar-refractivity contribution in [2.75, 3.05) is 13.1 Å². The maximum absolute atomic E-state index is 12.7. The van der Waals surface area contributed by atoms with Gasteiger partial charge in [0.05, 0.1) is 4.90 Å². The molecule has 2 rings (SSSR count). The number of benzene rings is 1. The predicted octanol–water partition coefficient (Wildman–Crippen LogP) is 3.42. The largest absolute Gasteiger partial charge is 0.243 e. The Hall–Kier alpha value is -0.390. The summed E-state index contributed by atoms with van der Waals surface area (Å²) in [4.78, 5) is 0.398. The monoisotopic (exact) mass is 345 g/mol. The van der Waals surface area contributed by atoms with E-state index in [1.807, 2.05) is 6.92 Å². The van der Waals surface area contributed by atoms with Crippen molar-refractivity contribution in [1.29, 1.82) is 0 Å². The molecule has 0 spiro atoms. The van der Waals surface area contributed by atoms with Gasteiger partial charge in [-0.25, -0.2) is 8.42 Å². The van der Waals surface area contributed by atoms with Crippen LogP contribution in [0.1, 0.15) is 25.8 Å². The zero-order valence-electron chi connectivity index (χ0n) is 11.6. The van der Waals surface area contributed by atoms with Gasteiger partial charge in [0.25, 0.3) is 0 Å². The Morgan fingerprint density at radius 1 is 1.21 bits per heavy atom. The quantitative estimate of drug-likeness (QED) is 0.823. The van der Waals surface area contributed by atoms with Gasteiger partial charge in [0, 0.05) is 17.6 Å². The van der Waals surface area contributed by atoms with E-state index in [2.05, 4.69) is 29.8 Å². The van der Waals surface area contributed by atoms with Crippen molar-refractivity contribution in [3.05, 3.63) is 28.2 Å². The van der Waals surface area contributed by atoms with Crippen molar-refractivity contribution in [3.63, 3.8) is 0 Å². The molecule has 0 saturated carbocycles. The summed E-state index contributed by atoms with van der Waals surface area (Å²) in [5, 5.41) is 0. The molecule has 1 aromatic rings. The van der Waals surface area contributed by atoms with E-state index in [1.165, 1.54) is 0 Å². The first-order valence-corrected chi connectivity index (χ1v) is 8.80. The summed E-state index contributed by atoms with van der Waals surface area (Å²) < 4.78 is 27.9. The molecule has 1 saturated heterocycles. The predicted molar refractivity (Wildman–Crippen MR) is 80.6 cm³/mol. The normalized spacial score (nSPS) is 25.5.